The van der Waals surface area contributed by atoms with Crippen LogP contribution in [0.5, 0.6) is 0 Å². The van der Waals surface area contributed by atoms with Crippen LogP contribution in [0.25, 0.3) is 11.3 Å². The van der Waals surface area contributed by atoms with Crippen molar-refractivity contribution in [2.24, 2.45) is 0 Å². The van der Waals surface area contributed by atoms with Gasteiger partial charge < -0.3 is 0 Å². The fourth-order valence-corrected chi connectivity index (χ4v) is 1.87. The molecule has 2 aromatic rings. The molecular weight excluding hydrogens is 309 g/mol. The van der Waals surface area contributed by atoms with Gasteiger partial charge in [-0.15, -0.1) is 0 Å². The van der Waals surface area contributed by atoms with Gasteiger partial charge in [-0.1, -0.05) is 28.1 Å². The smallest absolute Gasteiger partial charge is 0.258 e. The molecule has 0 fully saturated rings. The van der Waals surface area contributed by atoms with Crippen molar-refractivity contribution in [2.75, 3.05) is 0 Å². The molecule has 1 aromatic carbocycles. The highest BCUT2D eigenvalue weighted by atomic mass is 79.9. The molecule has 0 amide bonds. The monoisotopic (exact) mass is 313 g/mol. The predicted octanol–water partition coefficient (Wildman–Crippen LogP) is 3.47. The summed E-state index contributed by atoms with van der Waals surface area (Å²) in [5.74, 6) is 0. The molecule has 0 aliphatic heterocycles. The Morgan fingerprint density at radius 1 is 1.41 bits per heavy atom. The molecule has 0 radical (unpaired) electrons. The molecule has 0 spiro atoms. The minimum Gasteiger partial charge on any atom is -0.258 e. The lowest BCUT2D eigenvalue weighted by Gasteiger charge is -2.02. The van der Waals surface area contributed by atoms with Gasteiger partial charge in [-0.25, -0.2) is 9.97 Å². The van der Waals surface area contributed by atoms with Gasteiger partial charge in [0.2, 0.25) is 5.28 Å². The topological polar surface area (TPSA) is 68.9 Å². The third kappa shape index (κ3) is 2.59. The lowest BCUT2D eigenvalue weighted by molar-refractivity contribution is -0.384. The summed E-state index contributed by atoms with van der Waals surface area (Å²) in [7, 11) is 0. The van der Waals surface area contributed by atoms with Crippen LogP contribution in [0.15, 0.2) is 34.9 Å². The number of hydrogen-bond acceptors (Lipinski definition) is 4. The first-order valence-corrected chi connectivity index (χ1v) is 5.68. The van der Waals surface area contributed by atoms with Crippen LogP contribution in [0.2, 0.25) is 5.28 Å². The Kier molecular flexibility index (Phi) is 3.35. The Morgan fingerprint density at radius 3 is 2.82 bits per heavy atom. The summed E-state index contributed by atoms with van der Waals surface area (Å²) in [5, 5.41) is 10.8. The molecule has 0 saturated heterocycles. The van der Waals surface area contributed by atoms with Gasteiger partial charge in [-0.2, -0.15) is 0 Å². The summed E-state index contributed by atoms with van der Waals surface area (Å²) < 4.78 is 0.805. The molecule has 17 heavy (non-hydrogen) atoms. The molecule has 5 nitrogen and oxygen atoms in total. The number of rotatable bonds is 2. The first-order valence-electron chi connectivity index (χ1n) is 4.51. The molecule has 1 aromatic heterocycles. The Morgan fingerprint density at radius 2 is 2.18 bits per heavy atom. The molecule has 0 aliphatic carbocycles. The maximum Gasteiger partial charge on any atom is 0.313 e. The van der Waals surface area contributed by atoms with Gasteiger partial charge in [0, 0.05) is 10.0 Å². The zero-order chi connectivity index (χ0) is 12.4. The average Bonchev–Trinajstić information content (AvgIpc) is 2.28. The summed E-state index contributed by atoms with van der Waals surface area (Å²) in [6, 6.07) is 7.03. The summed E-state index contributed by atoms with van der Waals surface area (Å²) in [5.41, 5.74) is 0.638. The summed E-state index contributed by atoms with van der Waals surface area (Å²) in [6.07, 6.45) is 1.10. The van der Waals surface area contributed by atoms with Crippen LogP contribution in [0.3, 0.4) is 0 Å². The quantitative estimate of drug-likeness (QED) is 0.483. The zero-order valence-electron chi connectivity index (χ0n) is 8.30. The number of benzene rings is 1. The molecule has 1 heterocycles. The van der Waals surface area contributed by atoms with Gasteiger partial charge in [-0.3, -0.25) is 10.1 Å². The van der Waals surface area contributed by atoms with E-state index in [1.807, 2.05) is 6.07 Å². The SMILES string of the molecule is O=[N+]([O-])c1cnc(Cl)nc1-c1cccc(Br)c1. The van der Waals surface area contributed by atoms with E-state index >= 15 is 0 Å². The van der Waals surface area contributed by atoms with Crippen LogP contribution in [-0.2, 0) is 0 Å². The molecule has 7 heteroatoms. The first-order chi connectivity index (χ1) is 8.08. The van der Waals surface area contributed by atoms with Crippen LogP contribution < -0.4 is 0 Å². The highest BCUT2D eigenvalue weighted by molar-refractivity contribution is 9.10. The normalized spacial score (nSPS) is 10.2. The van der Waals surface area contributed by atoms with E-state index in [9.17, 15) is 10.1 Å². The Hall–Kier alpha value is -1.53. The Bertz CT molecular complexity index is 592. The van der Waals surface area contributed by atoms with Gasteiger partial charge in [-0.05, 0) is 23.7 Å². The molecule has 0 N–H and O–H groups in total. The van der Waals surface area contributed by atoms with Crippen molar-refractivity contribution in [1.29, 1.82) is 0 Å². The molecule has 2 rings (SSSR count). The minimum atomic E-state index is -0.535. The number of nitrogens with zero attached hydrogens (tertiary/aromatic N) is 3. The summed E-state index contributed by atoms with van der Waals surface area (Å²) in [4.78, 5) is 17.8. The molecule has 86 valence electrons. The van der Waals surface area contributed by atoms with Crippen molar-refractivity contribution < 1.29 is 4.92 Å². The third-order valence-electron chi connectivity index (χ3n) is 2.03. The Balaban J connectivity index is 2.65. The zero-order valence-corrected chi connectivity index (χ0v) is 10.6. The van der Waals surface area contributed by atoms with Gasteiger partial charge in [0.25, 0.3) is 0 Å². The first kappa shape index (κ1) is 11.9. The van der Waals surface area contributed by atoms with E-state index in [1.165, 1.54) is 0 Å². The van der Waals surface area contributed by atoms with Gasteiger partial charge >= 0.3 is 5.69 Å². The van der Waals surface area contributed by atoms with Crippen LogP contribution in [0.4, 0.5) is 5.69 Å². The van der Waals surface area contributed by atoms with Crippen LogP contribution >= 0.6 is 27.5 Å². The third-order valence-corrected chi connectivity index (χ3v) is 2.71. The summed E-state index contributed by atoms with van der Waals surface area (Å²) >= 11 is 8.95. The molecule has 0 unspecified atom stereocenters. The molecule has 0 bridgehead atoms. The predicted molar refractivity (Wildman–Crippen MR) is 66.8 cm³/mol. The maximum absolute atomic E-state index is 10.9. The second kappa shape index (κ2) is 4.77. The second-order valence-corrected chi connectivity index (χ2v) is 4.39. The highest BCUT2D eigenvalue weighted by Gasteiger charge is 2.18. The maximum atomic E-state index is 10.9. The van der Waals surface area contributed by atoms with E-state index in [2.05, 4.69) is 25.9 Å². The van der Waals surface area contributed by atoms with E-state index < -0.39 is 4.92 Å². The lowest BCUT2D eigenvalue weighted by atomic mass is 10.1. The van der Waals surface area contributed by atoms with E-state index in [4.69, 9.17) is 11.6 Å². The highest BCUT2D eigenvalue weighted by Crippen LogP contribution is 2.29. The fourth-order valence-electron chi connectivity index (χ4n) is 1.34. The molecule has 0 saturated carbocycles. The number of halogens is 2. The van der Waals surface area contributed by atoms with Crippen molar-refractivity contribution in [1.82, 2.24) is 9.97 Å². The standard InChI is InChI=1S/C10H5BrClN3O2/c11-7-3-1-2-6(4-7)9-8(15(16)17)5-13-10(12)14-9/h1-5H. The van der Waals surface area contributed by atoms with Crippen LogP contribution in [0, 0.1) is 10.1 Å². The Labute approximate surface area is 110 Å². The molecular formula is C10H5BrClN3O2. The van der Waals surface area contributed by atoms with E-state index in [0.29, 0.717) is 5.56 Å². The van der Waals surface area contributed by atoms with E-state index in [-0.39, 0.29) is 16.7 Å². The van der Waals surface area contributed by atoms with Gasteiger partial charge in [0.1, 0.15) is 6.20 Å². The van der Waals surface area contributed by atoms with E-state index in [1.54, 1.807) is 18.2 Å². The van der Waals surface area contributed by atoms with Gasteiger partial charge in [0.05, 0.1) is 4.92 Å². The van der Waals surface area contributed by atoms with Crippen molar-refractivity contribution in [3.05, 3.63) is 50.3 Å². The fraction of sp³-hybridized carbons (Fsp3) is 0. The average molecular weight is 315 g/mol. The second-order valence-electron chi connectivity index (χ2n) is 3.14. The van der Waals surface area contributed by atoms with Gasteiger partial charge in [0.15, 0.2) is 5.69 Å². The molecule has 0 atom stereocenters. The largest absolute Gasteiger partial charge is 0.313 e. The van der Waals surface area contributed by atoms with Crippen molar-refractivity contribution in [2.45, 2.75) is 0 Å². The van der Waals surface area contributed by atoms with Crippen molar-refractivity contribution >= 4 is 33.2 Å². The number of nitro groups is 1. The number of hydrogen-bond donors (Lipinski definition) is 0. The van der Waals surface area contributed by atoms with Crippen molar-refractivity contribution in [3.8, 4) is 11.3 Å². The van der Waals surface area contributed by atoms with Crippen LogP contribution in [0.1, 0.15) is 0 Å². The van der Waals surface area contributed by atoms with E-state index in [0.717, 1.165) is 10.7 Å². The summed E-state index contributed by atoms with van der Waals surface area (Å²) in [6.45, 7) is 0. The number of aromatic nitrogens is 2. The molecule has 0 aliphatic rings. The lowest BCUT2D eigenvalue weighted by Crippen LogP contribution is -1.96. The minimum absolute atomic E-state index is 0.0226. The van der Waals surface area contributed by atoms with Crippen LogP contribution in [-0.4, -0.2) is 14.9 Å². The van der Waals surface area contributed by atoms with Crippen molar-refractivity contribution in [3.63, 3.8) is 0 Å².